The molecule has 2 saturated heterocycles. The maximum atomic E-state index is 12.8. The van der Waals surface area contributed by atoms with E-state index in [0.29, 0.717) is 26.1 Å². The first-order chi connectivity index (χ1) is 10.5. The molecule has 2 aliphatic rings. The third-order valence-corrected chi connectivity index (χ3v) is 5.82. The van der Waals surface area contributed by atoms with Crippen LogP contribution in [0.25, 0.3) is 0 Å². The van der Waals surface area contributed by atoms with Crippen LogP contribution in [0.5, 0.6) is 0 Å². The van der Waals surface area contributed by atoms with Gasteiger partial charge in [0.05, 0.1) is 18.8 Å². The zero-order valence-electron chi connectivity index (χ0n) is 12.8. The Hall–Kier alpha value is -1.41. The summed E-state index contributed by atoms with van der Waals surface area (Å²) in [7, 11) is -3.33. The van der Waals surface area contributed by atoms with E-state index in [4.69, 9.17) is 0 Å². The van der Waals surface area contributed by atoms with Crippen molar-refractivity contribution in [1.29, 1.82) is 0 Å². The Balaban J connectivity index is 1.73. The van der Waals surface area contributed by atoms with Gasteiger partial charge in [-0.05, 0) is 31.7 Å². The maximum Gasteiger partial charge on any atom is 0.241 e. The Labute approximate surface area is 130 Å². The molecule has 8 heteroatoms. The molecule has 1 aromatic rings. The van der Waals surface area contributed by atoms with Crippen molar-refractivity contribution >= 4 is 15.9 Å². The van der Waals surface area contributed by atoms with Gasteiger partial charge in [-0.15, -0.1) is 0 Å². The van der Waals surface area contributed by atoms with Crippen LogP contribution in [0.1, 0.15) is 25.7 Å². The summed E-state index contributed by atoms with van der Waals surface area (Å²) in [5, 5.41) is 4.20. The summed E-state index contributed by atoms with van der Waals surface area (Å²) in [5.41, 5.74) is 0. The summed E-state index contributed by atoms with van der Waals surface area (Å²) in [6.07, 6.45) is 8.07. The fourth-order valence-corrected chi connectivity index (χ4v) is 4.63. The highest BCUT2D eigenvalue weighted by Crippen LogP contribution is 2.26. The second kappa shape index (κ2) is 6.00. The first kappa shape index (κ1) is 15.5. The first-order valence-corrected chi connectivity index (χ1v) is 9.56. The smallest absolute Gasteiger partial charge is 0.241 e. The van der Waals surface area contributed by atoms with E-state index >= 15 is 0 Å². The molecule has 0 unspecified atom stereocenters. The summed E-state index contributed by atoms with van der Waals surface area (Å²) in [4.78, 5) is 14.7. The quantitative estimate of drug-likeness (QED) is 0.797. The van der Waals surface area contributed by atoms with E-state index in [9.17, 15) is 13.2 Å². The van der Waals surface area contributed by atoms with Crippen molar-refractivity contribution in [2.45, 2.75) is 44.3 Å². The van der Waals surface area contributed by atoms with Gasteiger partial charge in [-0.25, -0.2) is 8.42 Å². The number of aromatic nitrogens is 2. The lowest BCUT2D eigenvalue weighted by molar-refractivity contribution is -0.135. The standard InChI is InChI=1S/C14H22N4O3S/c1-22(20,21)18-10-3-6-13(18)14(19)17-9-2-5-12(17)11-16-8-4-7-15-16/h4,7-8,12-13H,2-3,5-6,9-11H2,1H3/t12-,13+/m0/s1. The Kier molecular flexibility index (Phi) is 4.22. The highest BCUT2D eigenvalue weighted by Gasteiger charge is 2.41. The van der Waals surface area contributed by atoms with Crippen molar-refractivity contribution in [1.82, 2.24) is 19.0 Å². The number of likely N-dealkylation sites (tertiary alicyclic amines) is 1. The molecule has 1 aromatic heterocycles. The summed E-state index contributed by atoms with van der Waals surface area (Å²) in [6, 6.07) is 1.45. The van der Waals surface area contributed by atoms with Crippen LogP contribution in [-0.2, 0) is 21.4 Å². The third kappa shape index (κ3) is 3.03. The molecule has 22 heavy (non-hydrogen) atoms. The van der Waals surface area contributed by atoms with Crippen LogP contribution in [-0.4, -0.2) is 64.7 Å². The van der Waals surface area contributed by atoms with Crippen molar-refractivity contribution in [3.63, 3.8) is 0 Å². The molecule has 3 rings (SSSR count). The molecule has 0 N–H and O–H groups in total. The largest absolute Gasteiger partial charge is 0.336 e. The number of carbonyl (C=O) groups excluding carboxylic acids is 1. The highest BCUT2D eigenvalue weighted by molar-refractivity contribution is 7.88. The van der Waals surface area contributed by atoms with E-state index in [0.717, 1.165) is 19.3 Å². The van der Waals surface area contributed by atoms with Gasteiger partial charge in [0.1, 0.15) is 6.04 Å². The zero-order chi connectivity index (χ0) is 15.7. The van der Waals surface area contributed by atoms with Gasteiger partial charge in [-0.1, -0.05) is 0 Å². The van der Waals surface area contributed by atoms with Gasteiger partial charge in [-0.3, -0.25) is 9.48 Å². The average Bonchev–Trinajstić information content (AvgIpc) is 3.19. The minimum absolute atomic E-state index is 0.0439. The number of nitrogens with zero attached hydrogens (tertiary/aromatic N) is 4. The van der Waals surface area contributed by atoms with Crippen molar-refractivity contribution in [2.75, 3.05) is 19.3 Å². The Morgan fingerprint density at radius 2 is 2.05 bits per heavy atom. The maximum absolute atomic E-state index is 12.8. The van der Waals surface area contributed by atoms with Gasteiger partial charge in [-0.2, -0.15) is 9.40 Å². The summed E-state index contributed by atoms with van der Waals surface area (Å²) in [5.74, 6) is -0.0439. The molecule has 0 radical (unpaired) electrons. The molecule has 7 nitrogen and oxygen atoms in total. The predicted octanol–water partition coefficient (Wildman–Crippen LogP) is 0.298. The molecule has 1 amide bonds. The van der Waals surface area contributed by atoms with Crippen LogP contribution in [0, 0.1) is 0 Å². The number of hydrogen-bond donors (Lipinski definition) is 0. The highest BCUT2D eigenvalue weighted by atomic mass is 32.2. The summed E-state index contributed by atoms with van der Waals surface area (Å²) in [6.45, 7) is 1.83. The Morgan fingerprint density at radius 3 is 2.73 bits per heavy atom. The molecule has 2 atom stereocenters. The fourth-order valence-electron chi connectivity index (χ4n) is 3.52. The van der Waals surface area contributed by atoms with Gasteiger partial charge in [0.15, 0.2) is 0 Å². The monoisotopic (exact) mass is 326 g/mol. The van der Waals surface area contributed by atoms with Gasteiger partial charge in [0.2, 0.25) is 15.9 Å². The second-order valence-electron chi connectivity index (χ2n) is 6.09. The van der Waals surface area contributed by atoms with E-state index in [1.54, 1.807) is 6.20 Å². The lowest BCUT2D eigenvalue weighted by atomic mass is 10.1. The topological polar surface area (TPSA) is 75.5 Å². The number of rotatable bonds is 4. The molecule has 0 aliphatic carbocycles. The summed E-state index contributed by atoms with van der Waals surface area (Å²) >= 11 is 0. The molecule has 0 aromatic carbocycles. The molecule has 0 bridgehead atoms. The van der Waals surface area contributed by atoms with Crippen molar-refractivity contribution in [2.24, 2.45) is 0 Å². The van der Waals surface area contributed by atoms with Gasteiger partial charge in [0, 0.05) is 25.5 Å². The third-order valence-electron chi connectivity index (χ3n) is 4.53. The number of hydrogen-bond acceptors (Lipinski definition) is 4. The molecule has 2 fully saturated rings. The van der Waals surface area contributed by atoms with Crippen molar-refractivity contribution < 1.29 is 13.2 Å². The number of amides is 1. The van der Waals surface area contributed by atoms with Crippen LogP contribution in [0.3, 0.4) is 0 Å². The van der Waals surface area contributed by atoms with E-state index < -0.39 is 16.1 Å². The van der Waals surface area contributed by atoms with Crippen LogP contribution in [0.4, 0.5) is 0 Å². The lowest BCUT2D eigenvalue weighted by Gasteiger charge is -2.30. The fraction of sp³-hybridized carbons (Fsp3) is 0.714. The van der Waals surface area contributed by atoms with Crippen LogP contribution >= 0.6 is 0 Å². The molecule has 0 spiro atoms. The van der Waals surface area contributed by atoms with Crippen molar-refractivity contribution in [3.05, 3.63) is 18.5 Å². The van der Waals surface area contributed by atoms with Crippen LogP contribution in [0.15, 0.2) is 18.5 Å². The van der Waals surface area contributed by atoms with Crippen LogP contribution in [0.2, 0.25) is 0 Å². The number of carbonyl (C=O) groups is 1. The molecule has 122 valence electrons. The van der Waals surface area contributed by atoms with E-state index in [-0.39, 0.29) is 11.9 Å². The predicted molar refractivity (Wildman–Crippen MR) is 81.5 cm³/mol. The van der Waals surface area contributed by atoms with E-state index in [1.807, 2.05) is 21.8 Å². The average molecular weight is 326 g/mol. The van der Waals surface area contributed by atoms with E-state index in [1.165, 1.54) is 10.6 Å². The molecule has 2 aliphatic heterocycles. The van der Waals surface area contributed by atoms with Gasteiger partial charge in [0.25, 0.3) is 0 Å². The summed E-state index contributed by atoms with van der Waals surface area (Å²) < 4.78 is 26.9. The Morgan fingerprint density at radius 1 is 1.27 bits per heavy atom. The minimum atomic E-state index is -3.33. The molecular formula is C14H22N4O3S. The SMILES string of the molecule is CS(=O)(=O)N1CCC[C@@H]1C(=O)N1CCC[C@H]1Cn1cccn1. The lowest BCUT2D eigenvalue weighted by Crippen LogP contribution is -2.49. The zero-order valence-corrected chi connectivity index (χ0v) is 13.6. The second-order valence-corrected chi connectivity index (χ2v) is 8.02. The normalized spacial score (nSPS) is 26.7. The first-order valence-electron chi connectivity index (χ1n) is 7.71. The molecule has 0 saturated carbocycles. The molecule has 3 heterocycles. The molecular weight excluding hydrogens is 304 g/mol. The van der Waals surface area contributed by atoms with Gasteiger partial charge < -0.3 is 4.90 Å². The van der Waals surface area contributed by atoms with Crippen LogP contribution < -0.4 is 0 Å². The Bertz CT molecular complexity index is 629. The van der Waals surface area contributed by atoms with Gasteiger partial charge >= 0.3 is 0 Å². The van der Waals surface area contributed by atoms with E-state index in [2.05, 4.69) is 5.10 Å². The van der Waals surface area contributed by atoms with Crippen molar-refractivity contribution in [3.8, 4) is 0 Å². The number of sulfonamides is 1. The minimum Gasteiger partial charge on any atom is -0.336 e.